The van der Waals surface area contributed by atoms with E-state index in [1.807, 2.05) is 0 Å². The zero-order valence-electron chi connectivity index (χ0n) is 10.5. The van der Waals surface area contributed by atoms with E-state index in [0.717, 1.165) is 0 Å². The Morgan fingerprint density at radius 1 is 1.47 bits per heavy atom. The van der Waals surface area contributed by atoms with E-state index in [9.17, 15) is 4.39 Å². The van der Waals surface area contributed by atoms with Crippen molar-refractivity contribution in [1.82, 2.24) is 10.3 Å². The van der Waals surface area contributed by atoms with E-state index in [-0.39, 0.29) is 0 Å². The summed E-state index contributed by atoms with van der Waals surface area (Å²) in [6.07, 6.45) is 1.30. The molecule has 0 saturated heterocycles. The van der Waals surface area contributed by atoms with Crippen LogP contribution < -0.4 is 5.32 Å². The van der Waals surface area contributed by atoms with E-state index in [1.165, 1.54) is 12.5 Å². The molecular weight excluding hydrogens is 271 g/mol. The number of nitrogens with zero attached hydrogens (tertiary/aromatic N) is 1. The Morgan fingerprint density at radius 2 is 2.32 bits per heavy atom. The highest BCUT2D eigenvalue weighted by Crippen LogP contribution is 2.27. The van der Waals surface area contributed by atoms with Crippen LogP contribution in [0, 0.1) is 5.82 Å². The summed E-state index contributed by atoms with van der Waals surface area (Å²) in [4.78, 5) is 4.08. The number of rotatable bonds is 6. The summed E-state index contributed by atoms with van der Waals surface area (Å²) in [5.74, 6) is -0.0125. The Hall–Kier alpha value is -1.43. The number of ether oxygens (including phenoxy) is 1. The second-order valence-corrected chi connectivity index (χ2v) is 4.36. The number of benzene rings is 1. The molecule has 0 bridgehead atoms. The fraction of sp³-hybridized carbons (Fsp3) is 0.308. The van der Waals surface area contributed by atoms with Crippen LogP contribution in [0.1, 0.15) is 5.69 Å². The SMILES string of the molecule is COCCNCc1ncoc1-c1ccc(Cl)cc1F. The zero-order valence-corrected chi connectivity index (χ0v) is 11.2. The summed E-state index contributed by atoms with van der Waals surface area (Å²) >= 11 is 5.72. The average Bonchev–Trinajstić information content (AvgIpc) is 2.83. The summed E-state index contributed by atoms with van der Waals surface area (Å²) in [6.45, 7) is 1.77. The summed E-state index contributed by atoms with van der Waals surface area (Å²) in [5.41, 5.74) is 1.00. The van der Waals surface area contributed by atoms with Crippen LogP contribution in [0.5, 0.6) is 0 Å². The van der Waals surface area contributed by atoms with Gasteiger partial charge in [-0.1, -0.05) is 11.6 Å². The number of hydrogen-bond donors (Lipinski definition) is 1. The first-order valence-corrected chi connectivity index (χ1v) is 6.17. The molecule has 6 heteroatoms. The monoisotopic (exact) mass is 284 g/mol. The van der Waals surface area contributed by atoms with Crippen molar-refractivity contribution in [3.63, 3.8) is 0 Å². The molecule has 0 amide bonds. The lowest BCUT2D eigenvalue weighted by atomic mass is 10.1. The molecule has 19 heavy (non-hydrogen) atoms. The summed E-state index contributed by atoms with van der Waals surface area (Å²) < 4.78 is 24.0. The minimum atomic E-state index is -0.428. The van der Waals surface area contributed by atoms with Crippen molar-refractivity contribution in [2.45, 2.75) is 6.54 Å². The van der Waals surface area contributed by atoms with Gasteiger partial charge in [-0.3, -0.25) is 0 Å². The van der Waals surface area contributed by atoms with Gasteiger partial charge in [0.15, 0.2) is 12.2 Å². The Bertz CT molecular complexity index is 545. The molecule has 0 spiro atoms. The normalized spacial score (nSPS) is 10.9. The van der Waals surface area contributed by atoms with Gasteiger partial charge < -0.3 is 14.5 Å². The number of hydrogen-bond acceptors (Lipinski definition) is 4. The van der Waals surface area contributed by atoms with Crippen molar-refractivity contribution in [3.8, 4) is 11.3 Å². The molecule has 102 valence electrons. The van der Waals surface area contributed by atoms with Crippen LogP contribution in [0.15, 0.2) is 29.0 Å². The predicted octanol–water partition coefficient (Wildman–Crippen LogP) is 2.87. The van der Waals surface area contributed by atoms with Gasteiger partial charge in [0.1, 0.15) is 11.5 Å². The first-order chi connectivity index (χ1) is 9.22. The van der Waals surface area contributed by atoms with Gasteiger partial charge in [-0.2, -0.15) is 0 Å². The maximum absolute atomic E-state index is 13.8. The van der Waals surface area contributed by atoms with Crippen LogP contribution in [0.25, 0.3) is 11.3 Å². The molecule has 0 aliphatic carbocycles. The van der Waals surface area contributed by atoms with Crippen LogP contribution in [-0.2, 0) is 11.3 Å². The van der Waals surface area contributed by atoms with Crippen LogP contribution >= 0.6 is 11.6 Å². The van der Waals surface area contributed by atoms with Crippen molar-refractivity contribution in [1.29, 1.82) is 0 Å². The Labute approximate surface area is 115 Å². The smallest absolute Gasteiger partial charge is 0.181 e. The fourth-order valence-electron chi connectivity index (χ4n) is 1.67. The van der Waals surface area contributed by atoms with Crippen LogP contribution in [0.4, 0.5) is 4.39 Å². The van der Waals surface area contributed by atoms with Gasteiger partial charge in [0.25, 0.3) is 0 Å². The third-order valence-corrected chi connectivity index (χ3v) is 2.83. The van der Waals surface area contributed by atoms with Crippen molar-refractivity contribution in [2.75, 3.05) is 20.3 Å². The topological polar surface area (TPSA) is 47.3 Å². The lowest BCUT2D eigenvalue weighted by molar-refractivity contribution is 0.199. The molecule has 0 aliphatic heterocycles. The second-order valence-electron chi connectivity index (χ2n) is 3.92. The zero-order chi connectivity index (χ0) is 13.7. The van der Waals surface area contributed by atoms with E-state index in [0.29, 0.717) is 41.7 Å². The highest BCUT2D eigenvalue weighted by molar-refractivity contribution is 6.30. The van der Waals surface area contributed by atoms with Gasteiger partial charge in [0, 0.05) is 25.2 Å². The molecule has 0 fully saturated rings. The first-order valence-electron chi connectivity index (χ1n) is 5.80. The minimum absolute atomic E-state index is 0.348. The molecule has 0 aliphatic rings. The minimum Gasteiger partial charge on any atom is -0.443 e. The van der Waals surface area contributed by atoms with E-state index in [2.05, 4.69) is 10.3 Å². The summed E-state index contributed by atoms with van der Waals surface area (Å²) in [6, 6.07) is 4.45. The number of nitrogens with one attached hydrogen (secondary N) is 1. The van der Waals surface area contributed by atoms with Crippen molar-refractivity contribution >= 4 is 11.6 Å². The lowest BCUT2D eigenvalue weighted by Gasteiger charge is -2.05. The molecule has 1 heterocycles. The van der Waals surface area contributed by atoms with Gasteiger partial charge in [0.2, 0.25) is 0 Å². The summed E-state index contributed by atoms with van der Waals surface area (Å²) in [5, 5.41) is 3.48. The van der Waals surface area contributed by atoms with Gasteiger partial charge in [0.05, 0.1) is 12.2 Å². The number of aromatic nitrogens is 1. The highest BCUT2D eigenvalue weighted by atomic mass is 35.5. The number of halogens is 2. The van der Waals surface area contributed by atoms with E-state index in [1.54, 1.807) is 19.2 Å². The van der Waals surface area contributed by atoms with Crippen LogP contribution in [-0.4, -0.2) is 25.2 Å². The summed E-state index contributed by atoms with van der Waals surface area (Å²) in [7, 11) is 1.63. The molecule has 1 aromatic carbocycles. The quantitative estimate of drug-likeness (QED) is 0.829. The lowest BCUT2D eigenvalue weighted by Crippen LogP contribution is -2.19. The van der Waals surface area contributed by atoms with E-state index < -0.39 is 5.82 Å². The van der Waals surface area contributed by atoms with Crippen molar-refractivity contribution < 1.29 is 13.5 Å². The van der Waals surface area contributed by atoms with Gasteiger partial charge in [-0.05, 0) is 18.2 Å². The predicted molar refractivity (Wildman–Crippen MR) is 70.5 cm³/mol. The Morgan fingerprint density at radius 3 is 3.05 bits per heavy atom. The number of oxazole rings is 1. The second kappa shape index (κ2) is 6.65. The van der Waals surface area contributed by atoms with Gasteiger partial charge >= 0.3 is 0 Å². The van der Waals surface area contributed by atoms with Crippen LogP contribution in [0.3, 0.4) is 0 Å². The molecule has 1 N–H and O–H groups in total. The van der Waals surface area contributed by atoms with Gasteiger partial charge in [-0.25, -0.2) is 9.37 Å². The molecule has 2 rings (SSSR count). The number of methoxy groups -OCH3 is 1. The maximum atomic E-state index is 13.8. The third kappa shape index (κ3) is 3.53. The molecule has 0 unspecified atom stereocenters. The van der Waals surface area contributed by atoms with Crippen molar-refractivity contribution in [3.05, 3.63) is 41.1 Å². The van der Waals surface area contributed by atoms with E-state index >= 15 is 0 Å². The molecule has 0 radical (unpaired) electrons. The van der Waals surface area contributed by atoms with Gasteiger partial charge in [-0.15, -0.1) is 0 Å². The highest BCUT2D eigenvalue weighted by Gasteiger charge is 2.14. The fourth-order valence-corrected chi connectivity index (χ4v) is 1.83. The first kappa shape index (κ1) is 14.0. The largest absolute Gasteiger partial charge is 0.443 e. The molecule has 1 aromatic heterocycles. The molecule has 0 saturated carbocycles. The molecule has 0 atom stereocenters. The van der Waals surface area contributed by atoms with Crippen molar-refractivity contribution in [2.24, 2.45) is 0 Å². The molecular formula is C13H14ClFN2O2. The van der Waals surface area contributed by atoms with E-state index in [4.69, 9.17) is 20.8 Å². The third-order valence-electron chi connectivity index (χ3n) is 2.59. The standard InChI is InChI=1S/C13H14ClFN2O2/c1-18-5-4-16-7-12-13(19-8-17-12)10-3-2-9(14)6-11(10)15/h2-3,6,8,16H,4-5,7H2,1H3. The molecule has 4 nitrogen and oxygen atoms in total. The average molecular weight is 285 g/mol. The molecule has 2 aromatic rings. The Kier molecular flexibility index (Phi) is 4.90. The van der Waals surface area contributed by atoms with Crippen LogP contribution in [0.2, 0.25) is 5.02 Å². The Balaban J connectivity index is 2.14. The maximum Gasteiger partial charge on any atom is 0.181 e.